The molecule has 2 heterocycles. The number of ether oxygens (including phenoxy) is 2. The summed E-state index contributed by atoms with van der Waals surface area (Å²) in [5, 5.41) is 29.7. The number of aliphatic carboxylic acids is 1. The molecule has 4 rings (SSSR count). The zero-order valence-electron chi connectivity index (χ0n) is 51.4. The molecule has 7 amide bonds. The summed E-state index contributed by atoms with van der Waals surface area (Å²) < 4.78 is 11.5. The number of benzene rings is 1. The van der Waals surface area contributed by atoms with Crippen LogP contribution in [0.2, 0.25) is 0 Å². The Kier molecular flexibility index (Phi) is 29.0. The quantitative estimate of drug-likeness (QED) is 0.0191. The summed E-state index contributed by atoms with van der Waals surface area (Å²) in [6.45, 7) is 17.0. The Bertz CT molecular complexity index is 2700. The molecule has 23 heteroatoms. The number of likely N-dealkylation sites (tertiary alicyclic amines) is 1. The first kappa shape index (κ1) is 70.6. The van der Waals surface area contributed by atoms with Gasteiger partial charge in [-0.25, -0.2) is 10.0 Å². The average Bonchev–Trinajstić information content (AvgIpc) is 4.22. The molecule has 10 atom stereocenters. The van der Waals surface area contributed by atoms with Gasteiger partial charge in [0.15, 0.2) is 6.10 Å². The second-order valence-corrected chi connectivity index (χ2v) is 24.2. The van der Waals surface area contributed by atoms with Crippen molar-refractivity contribution in [3.63, 3.8) is 0 Å². The Balaban J connectivity index is 1.44. The van der Waals surface area contributed by atoms with Gasteiger partial charge in [0.2, 0.25) is 29.5 Å². The lowest BCUT2D eigenvalue weighted by Crippen LogP contribution is -2.58. The van der Waals surface area contributed by atoms with Crippen molar-refractivity contribution in [1.29, 1.82) is 0 Å². The van der Waals surface area contributed by atoms with Crippen molar-refractivity contribution < 1.29 is 62.6 Å². The number of aromatic nitrogens is 1. The minimum Gasteiger partial charge on any atom is -0.481 e. The molecule has 85 heavy (non-hydrogen) atoms. The summed E-state index contributed by atoms with van der Waals surface area (Å²) in [4.78, 5) is 133. The van der Waals surface area contributed by atoms with E-state index in [2.05, 4.69) is 54.6 Å². The van der Waals surface area contributed by atoms with Crippen LogP contribution in [-0.4, -0.2) is 149 Å². The van der Waals surface area contributed by atoms with Crippen molar-refractivity contribution >= 4 is 70.3 Å². The number of hydroxylamine groups is 2. The van der Waals surface area contributed by atoms with Crippen molar-refractivity contribution in [1.82, 2.24) is 41.5 Å². The standard InChI is InChI=1S/C62H91N9O13S/c1-13-15-23-32-83-71(60(79)53(39(5)14-2)69-58(78)49-26-21-22-31-70(49)12)50(38(3)4)34-51(84-43(9)72)59-68-48(37-85-59)57(77)67-46(35-62(10,11)61(80)81)33-44-27-29-45(30-28-44)66-56(76)42(8)65-55(75)41(7)64-54(74)40(6)63-52(73)36-82-47-24-19-17-16-18-20-25-47/h1,27-30,37-42,46-47,49-51,53H,14-19,21-24,26,31-36H2,2-12H3,(H,63,73)(H,64,74)(H,65,75)(H,66,76)(H,67,77)(H,69,78)(H,80,81)/t39-,40-,41-,42-,46-,47?,49+,50+,51+,53-/m0/s1. The average molecular weight is 1200 g/mol. The fourth-order valence-corrected chi connectivity index (χ4v) is 10.6. The number of piperidine rings is 1. The van der Waals surface area contributed by atoms with Crippen LogP contribution in [-0.2, 0) is 59.1 Å². The molecule has 0 bridgehead atoms. The Hall–Kier alpha value is -6.92. The highest BCUT2D eigenvalue weighted by molar-refractivity contribution is 7.09. The van der Waals surface area contributed by atoms with E-state index < -0.39 is 95.2 Å². The zero-order valence-corrected chi connectivity index (χ0v) is 52.2. The Morgan fingerprint density at radius 3 is 2.16 bits per heavy atom. The number of hydrogen-bond acceptors (Lipinski definition) is 15. The number of anilines is 1. The number of amides is 7. The van der Waals surface area contributed by atoms with E-state index in [-0.39, 0.29) is 73.1 Å². The van der Waals surface area contributed by atoms with Gasteiger partial charge in [0.1, 0.15) is 47.6 Å². The number of likely N-dealkylation sites (N-methyl/N-ethyl adjacent to an activating group) is 1. The van der Waals surface area contributed by atoms with E-state index in [4.69, 9.17) is 20.7 Å². The van der Waals surface area contributed by atoms with Gasteiger partial charge in [0, 0.05) is 43.3 Å². The van der Waals surface area contributed by atoms with Gasteiger partial charge in [0.05, 0.1) is 24.1 Å². The number of rotatable bonds is 32. The first-order chi connectivity index (χ1) is 40.2. The third-order valence-corrected chi connectivity index (χ3v) is 16.2. The van der Waals surface area contributed by atoms with Crippen LogP contribution in [0, 0.1) is 41.4 Å². The van der Waals surface area contributed by atoms with Crippen LogP contribution in [0.15, 0.2) is 29.6 Å². The monoisotopic (exact) mass is 1200 g/mol. The Labute approximate surface area is 505 Å². The number of nitrogens with one attached hydrogen (secondary N) is 6. The summed E-state index contributed by atoms with van der Waals surface area (Å²) in [6.07, 6.45) is 12.8. The first-order valence-electron chi connectivity index (χ1n) is 29.7. The van der Waals surface area contributed by atoms with E-state index >= 15 is 0 Å². The largest absolute Gasteiger partial charge is 0.481 e. The SMILES string of the molecule is C#CCCCON(C(=O)[C@@H](NC(=O)[C@H]1CCCCN1C)[C@@H](C)CC)[C@H](C[C@@H](OC(C)=O)c1nc(C(=O)N[C@@H](Cc2ccc(NC(=O)[C@H](C)NC(=O)[C@H](C)NC(=O)[C@H](C)NC(=O)COC3C#CCCCCC3)cc2)CC(C)(C)C(=O)O)cs1)C(C)C. The van der Waals surface area contributed by atoms with Crippen LogP contribution in [0.25, 0.3) is 0 Å². The molecule has 0 saturated carbocycles. The van der Waals surface area contributed by atoms with E-state index in [0.717, 1.165) is 62.8 Å². The van der Waals surface area contributed by atoms with Crippen LogP contribution >= 0.6 is 11.3 Å². The van der Waals surface area contributed by atoms with Crippen LogP contribution in [0.4, 0.5) is 5.69 Å². The number of unbranched alkanes of at least 4 members (excludes halogenated alkanes) is 1. The summed E-state index contributed by atoms with van der Waals surface area (Å²) in [5.74, 6) is 2.75. The number of nitrogens with zero attached hydrogens (tertiary/aromatic N) is 3. The number of carbonyl (C=O) groups excluding carboxylic acids is 8. The number of terminal acetylenes is 1. The number of thiazole rings is 1. The van der Waals surface area contributed by atoms with Gasteiger partial charge >= 0.3 is 11.9 Å². The maximum Gasteiger partial charge on any atom is 0.309 e. The summed E-state index contributed by atoms with van der Waals surface area (Å²) >= 11 is 1.07. The molecule has 1 aliphatic carbocycles. The highest BCUT2D eigenvalue weighted by Gasteiger charge is 2.40. The maximum atomic E-state index is 14.9. The predicted molar refractivity (Wildman–Crippen MR) is 322 cm³/mol. The summed E-state index contributed by atoms with van der Waals surface area (Å²) in [6, 6.07) is 0.771. The minimum absolute atomic E-state index is 0.00530. The van der Waals surface area contributed by atoms with Gasteiger partial charge in [-0.05, 0) is 129 Å². The number of hydrogen-bond donors (Lipinski definition) is 7. The highest BCUT2D eigenvalue weighted by Crippen LogP contribution is 2.33. The maximum absolute atomic E-state index is 14.9. The van der Waals surface area contributed by atoms with Crippen LogP contribution in [0.1, 0.15) is 180 Å². The van der Waals surface area contributed by atoms with Crippen molar-refractivity contribution in [2.75, 3.05) is 32.1 Å². The molecule has 1 saturated heterocycles. The van der Waals surface area contributed by atoms with Gasteiger partial charge in [-0.3, -0.25) is 52.9 Å². The van der Waals surface area contributed by atoms with E-state index in [9.17, 15) is 48.3 Å². The normalized spacial score (nSPS) is 18.2. The molecule has 0 spiro atoms. The molecular weight excluding hydrogens is 1110 g/mol. The van der Waals surface area contributed by atoms with E-state index in [1.165, 1.54) is 38.1 Å². The van der Waals surface area contributed by atoms with Crippen molar-refractivity contribution in [2.45, 2.75) is 214 Å². The lowest BCUT2D eigenvalue weighted by Gasteiger charge is -2.39. The summed E-state index contributed by atoms with van der Waals surface area (Å²) in [7, 11) is 1.90. The van der Waals surface area contributed by atoms with Gasteiger partial charge in [0.25, 0.3) is 11.8 Å². The number of carboxylic acids is 1. The number of esters is 1. The number of carboxylic acid groups (broad SMARTS) is 1. The molecule has 468 valence electrons. The molecule has 7 N–H and O–H groups in total. The van der Waals surface area contributed by atoms with Crippen molar-refractivity contribution in [2.24, 2.45) is 17.3 Å². The predicted octanol–water partition coefficient (Wildman–Crippen LogP) is 6.00. The van der Waals surface area contributed by atoms with Gasteiger partial charge in [-0.1, -0.05) is 65.0 Å². The van der Waals surface area contributed by atoms with Crippen molar-refractivity contribution in [3.05, 3.63) is 45.9 Å². The Morgan fingerprint density at radius 1 is 0.882 bits per heavy atom. The Morgan fingerprint density at radius 2 is 1.54 bits per heavy atom. The van der Waals surface area contributed by atoms with Gasteiger partial charge in [-0.15, -0.1) is 29.6 Å². The molecule has 1 fully saturated rings. The third kappa shape index (κ3) is 23.1. The minimum atomic E-state index is -1.28. The van der Waals surface area contributed by atoms with E-state index in [1.807, 2.05) is 39.6 Å². The zero-order chi connectivity index (χ0) is 63.0. The lowest BCUT2D eigenvalue weighted by atomic mass is 9.84. The smallest absolute Gasteiger partial charge is 0.309 e. The molecule has 1 unspecified atom stereocenters. The molecule has 0 radical (unpaired) electrons. The topological polar surface area (TPSA) is 293 Å². The molecule has 1 aliphatic heterocycles. The molecule has 2 aromatic rings. The fraction of sp³-hybridized carbons (Fsp3) is 0.645. The third-order valence-electron chi connectivity index (χ3n) is 15.2. The van der Waals surface area contributed by atoms with E-state index in [1.54, 1.807) is 38.1 Å². The lowest BCUT2D eigenvalue weighted by molar-refractivity contribution is -0.213. The second-order valence-electron chi connectivity index (χ2n) is 23.3. The van der Waals surface area contributed by atoms with E-state index in [0.29, 0.717) is 36.9 Å². The molecule has 1 aromatic carbocycles. The molecule has 22 nitrogen and oxygen atoms in total. The molecular formula is C62H91N9O13S. The van der Waals surface area contributed by atoms with Crippen LogP contribution < -0.4 is 31.9 Å². The highest BCUT2D eigenvalue weighted by atomic mass is 32.1. The van der Waals surface area contributed by atoms with Crippen LogP contribution in [0.3, 0.4) is 0 Å². The number of carbonyl (C=O) groups is 9. The second kappa shape index (κ2) is 34.9. The molecule has 2 aliphatic rings. The molecule has 1 aromatic heterocycles. The summed E-state index contributed by atoms with van der Waals surface area (Å²) in [5.41, 5.74) is -0.242. The van der Waals surface area contributed by atoms with Crippen LogP contribution in [0.5, 0.6) is 0 Å². The van der Waals surface area contributed by atoms with Gasteiger partial charge in [-0.2, -0.15) is 0 Å². The fourth-order valence-electron chi connectivity index (χ4n) is 9.77. The van der Waals surface area contributed by atoms with Gasteiger partial charge < -0.3 is 46.5 Å². The van der Waals surface area contributed by atoms with Crippen molar-refractivity contribution in [3.8, 4) is 24.2 Å². The first-order valence-corrected chi connectivity index (χ1v) is 30.6.